The monoisotopic (exact) mass is 246 g/mol. The molecule has 0 heterocycles. The lowest BCUT2D eigenvalue weighted by atomic mass is 10.0. The normalized spacial score (nSPS) is 14.8. The minimum absolute atomic E-state index is 0.227. The SMILES string of the molecule is CCCC(OC)C(O)c1ccc(Cl)cc1F. The van der Waals surface area contributed by atoms with E-state index in [1.807, 2.05) is 6.92 Å². The van der Waals surface area contributed by atoms with Gasteiger partial charge < -0.3 is 9.84 Å². The van der Waals surface area contributed by atoms with Crippen LogP contribution in [0.5, 0.6) is 0 Å². The Bertz CT molecular complexity index is 344. The summed E-state index contributed by atoms with van der Waals surface area (Å²) in [5.41, 5.74) is 0.227. The number of benzene rings is 1. The molecule has 0 aromatic heterocycles. The molecule has 90 valence electrons. The van der Waals surface area contributed by atoms with Crippen LogP contribution in [0.3, 0.4) is 0 Å². The van der Waals surface area contributed by atoms with E-state index in [4.69, 9.17) is 16.3 Å². The van der Waals surface area contributed by atoms with Crippen molar-refractivity contribution < 1.29 is 14.2 Å². The number of methoxy groups -OCH3 is 1. The highest BCUT2D eigenvalue weighted by Crippen LogP contribution is 2.26. The van der Waals surface area contributed by atoms with Crippen LogP contribution in [0, 0.1) is 5.82 Å². The minimum atomic E-state index is -0.956. The number of hydrogen-bond acceptors (Lipinski definition) is 2. The van der Waals surface area contributed by atoms with Crippen molar-refractivity contribution in [1.82, 2.24) is 0 Å². The van der Waals surface area contributed by atoms with Crippen molar-refractivity contribution in [3.63, 3.8) is 0 Å². The first kappa shape index (κ1) is 13.4. The molecule has 0 saturated heterocycles. The second kappa shape index (κ2) is 6.18. The molecule has 0 aliphatic carbocycles. The molecule has 4 heteroatoms. The third-order valence-electron chi connectivity index (χ3n) is 2.51. The second-order valence-electron chi connectivity index (χ2n) is 3.67. The largest absolute Gasteiger partial charge is 0.386 e. The van der Waals surface area contributed by atoms with Crippen molar-refractivity contribution in [2.24, 2.45) is 0 Å². The highest BCUT2D eigenvalue weighted by molar-refractivity contribution is 6.30. The van der Waals surface area contributed by atoms with Gasteiger partial charge in [-0.2, -0.15) is 0 Å². The standard InChI is InChI=1S/C12H16ClFO2/c1-3-4-11(16-2)12(15)9-6-5-8(13)7-10(9)14/h5-7,11-12,15H,3-4H2,1-2H3. The maximum Gasteiger partial charge on any atom is 0.130 e. The van der Waals surface area contributed by atoms with Gasteiger partial charge in [0.2, 0.25) is 0 Å². The number of hydrogen-bond donors (Lipinski definition) is 1. The zero-order valence-electron chi connectivity index (χ0n) is 9.41. The molecular formula is C12H16ClFO2. The average molecular weight is 247 g/mol. The van der Waals surface area contributed by atoms with Gasteiger partial charge in [0.1, 0.15) is 11.9 Å². The minimum Gasteiger partial charge on any atom is -0.386 e. The van der Waals surface area contributed by atoms with Gasteiger partial charge in [0.25, 0.3) is 0 Å². The van der Waals surface area contributed by atoms with Crippen molar-refractivity contribution in [3.05, 3.63) is 34.6 Å². The van der Waals surface area contributed by atoms with Crippen LogP contribution in [-0.4, -0.2) is 18.3 Å². The maximum atomic E-state index is 13.5. The van der Waals surface area contributed by atoms with Crippen LogP contribution < -0.4 is 0 Å². The molecule has 0 radical (unpaired) electrons. The van der Waals surface area contributed by atoms with Crippen molar-refractivity contribution in [3.8, 4) is 0 Å². The first-order chi connectivity index (χ1) is 7.60. The average Bonchev–Trinajstić information content (AvgIpc) is 2.25. The smallest absolute Gasteiger partial charge is 0.130 e. The second-order valence-corrected chi connectivity index (χ2v) is 4.11. The highest BCUT2D eigenvalue weighted by atomic mass is 35.5. The van der Waals surface area contributed by atoms with Crippen LogP contribution in [0.25, 0.3) is 0 Å². The summed E-state index contributed by atoms with van der Waals surface area (Å²) in [6.45, 7) is 1.98. The van der Waals surface area contributed by atoms with E-state index >= 15 is 0 Å². The summed E-state index contributed by atoms with van der Waals surface area (Å²) in [6, 6.07) is 4.24. The molecule has 1 aromatic rings. The molecule has 2 atom stereocenters. The summed E-state index contributed by atoms with van der Waals surface area (Å²) < 4.78 is 18.7. The van der Waals surface area contributed by atoms with Gasteiger partial charge in [0.05, 0.1) is 6.10 Å². The van der Waals surface area contributed by atoms with Crippen LogP contribution in [0.4, 0.5) is 4.39 Å². The van der Waals surface area contributed by atoms with Gasteiger partial charge in [0, 0.05) is 17.7 Å². The zero-order valence-corrected chi connectivity index (χ0v) is 10.2. The van der Waals surface area contributed by atoms with E-state index < -0.39 is 11.9 Å². The Morgan fingerprint density at radius 1 is 1.50 bits per heavy atom. The van der Waals surface area contributed by atoms with Gasteiger partial charge >= 0.3 is 0 Å². The topological polar surface area (TPSA) is 29.5 Å². The van der Waals surface area contributed by atoms with Crippen LogP contribution in [0.1, 0.15) is 31.4 Å². The quantitative estimate of drug-likeness (QED) is 0.864. The number of halogens is 2. The molecule has 0 spiro atoms. The van der Waals surface area contributed by atoms with E-state index in [1.54, 1.807) is 6.07 Å². The Morgan fingerprint density at radius 3 is 2.69 bits per heavy atom. The summed E-state index contributed by atoms with van der Waals surface area (Å²) in [7, 11) is 1.51. The molecule has 2 nitrogen and oxygen atoms in total. The molecule has 1 aromatic carbocycles. The first-order valence-electron chi connectivity index (χ1n) is 5.26. The molecule has 0 bridgehead atoms. The van der Waals surface area contributed by atoms with Gasteiger partial charge in [-0.15, -0.1) is 0 Å². The lowest BCUT2D eigenvalue weighted by Gasteiger charge is -2.21. The lowest BCUT2D eigenvalue weighted by Crippen LogP contribution is -2.21. The molecular weight excluding hydrogens is 231 g/mol. The molecule has 1 rings (SSSR count). The summed E-state index contributed by atoms with van der Waals surface area (Å²) in [5, 5.41) is 10.3. The first-order valence-corrected chi connectivity index (χ1v) is 5.63. The van der Waals surface area contributed by atoms with E-state index in [-0.39, 0.29) is 11.7 Å². The summed E-state index contributed by atoms with van der Waals surface area (Å²) in [6.07, 6.45) is 0.202. The van der Waals surface area contributed by atoms with E-state index in [9.17, 15) is 9.50 Å². The Morgan fingerprint density at radius 2 is 2.19 bits per heavy atom. The number of aliphatic hydroxyl groups excluding tert-OH is 1. The molecule has 0 fully saturated rings. The molecule has 0 aliphatic rings. The van der Waals surface area contributed by atoms with Crippen LogP contribution in [0.2, 0.25) is 5.02 Å². The van der Waals surface area contributed by atoms with Crippen molar-refractivity contribution in [2.45, 2.75) is 32.0 Å². The summed E-state index contributed by atoms with van der Waals surface area (Å²) in [4.78, 5) is 0. The molecule has 0 aliphatic heterocycles. The van der Waals surface area contributed by atoms with Crippen molar-refractivity contribution >= 4 is 11.6 Å². The van der Waals surface area contributed by atoms with E-state index in [2.05, 4.69) is 0 Å². The van der Waals surface area contributed by atoms with E-state index in [0.717, 1.165) is 6.42 Å². The van der Waals surface area contributed by atoms with Gasteiger partial charge in [-0.25, -0.2) is 4.39 Å². The fraction of sp³-hybridized carbons (Fsp3) is 0.500. The Kier molecular flexibility index (Phi) is 5.19. The van der Waals surface area contributed by atoms with Crippen molar-refractivity contribution in [2.75, 3.05) is 7.11 Å². The van der Waals surface area contributed by atoms with E-state index in [0.29, 0.717) is 11.4 Å². The van der Waals surface area contributed by atoms with Crippen molar-refractivity contribution in [1.29, 1.82) is 0 Å². The van der Waals surface area contributed by atoms with Gasteiger partial charge in [-0.1, -0.05) is 31.0 Å². The molecule has 2 unspecified atom stereocenters. The predicted octanol–water partition coefficient (Wildman–Crippen LogP) is 3.33. The highest BCUT2D eigenvalue weighted by Gasteiger charge is 2.22. The third kappa shape index (κ3) is 3.17. The zero-order chi connectivity index (χ0) is 12.1. The Labute approximate surface area is 100.0 Å². The molecule has 0 saturated carbocycles. The number of aliphatic hydroxyl groups is 1. The molecule has 16 heavy (non-hydrogen) atoms. The third-order valence-corrected chi connectivity index (χ3v) is 2.74. The predicted molar refractivity (Wildman–Crippen MR) is 62.1 cm³/mol. The van der Waals surface area contributed by atoms with E-state index in [1.165, 1.54) is 19.2 Å². The Hall–Kier alpha value is -0.640. The fourth-order valence-corrected chi connectivity index (χ4v) is 1.79. The summed E-state index contributed by atoms with van der Waals surface area (Å²) in [5.74, 6) is -0.502. The number of rotatable bonds is 5. The fourth-order valence-electron chi connectivity index (χ4n) is 1.63. The lowest BCUT2D eigenvalue weighted by molar-refractivity contribution is -0.0195. The maximum absolute atomic E-state index is 13.5. The van der Waals surface area contributed by atoms with Gasteiger partial charge in [-0.3, -0.25) is 0 Å². The van der Waals surface area contributed by atoms with Crippen LogP contribution >= 0.6 is 11.6 Å². The van der Waals surface area contributed by atoms with Crippen LogP contribution in [0.15, 0.2) is 18.2 Å². The summed E-state index contributed by atoms with van der Waals surface area (Å²) >= 11 is 5.64. The molecule has 1 N–H and O–H groups in total. The van der Waals surface area contributed by atoms with Gasteiger partial charge in [0.15, 0.2) is 0 Å². The number of ether oxygens (including phenoxy) is 1. The van der Waals surface area contributed by atoms with Crippen LogP contribution in [-0.2, 0) is 4.74 Å². The van der Waals surface area contributed by atoms with Gasteiger partial charge in [-0.05, 0) is 18.6 Å². The Balaban J connectivity index is 2.89. The molecule has 0 amide bonds.